The minimum atomic E-state index is -0.658. The third kappa shape index (κ3) is 9.55. The number of nitrogens with zero attached hydrogens (tertiary/aromatic N) is 2. The van der Waals surface area contributed by atoms with Crippen molar-refractivity contribution in [3.05, 3.63) is 71.1 Å². The summed E-state index contributed by atoms with van der Waals surface area (Å²) in [7, 11) is 1.70. The normalized spacial score (nSPS) is 17.8. The van der Waals surface area contributed by atoms with Crippen LogP contribution in [0.2, 0.25) is 0 Å². The zero-order valence-corrected chi connectivity index (χ0v) is 26.8. The van der Waals surface area contributed by atoms with Gasteiger partial charge in [-0.1, -0.05) is 20.8 Å². The Morgan fingerprint density at radius 2 is 1.84 bits per heavy atom. The van der Waals surface area contributed by atoms with Crippen LogP contribution in [-0.4, -0.2) is 79.0 Å². The quantitative estimate of drug-likeness (QED) is 0.182. The van der Waals surface area contributed by atoms with Crippen LogP contribution in [0.1, 0.15) is 67.9 Å². The number of piperidine rings is 1. The number of rotatable bonds is 14. The Kier molecular flexibility index (Phi) is 12.0. The number of carbonyl (C=O) groups is 2. The fourth-order valence-electron chi connectivity index (χ4n) is 5.60. The number of amides is 2. The van der Waals surface area contributed by atoms with Crippen LogP contribution < -0.4 is 10.1 Å². The van der Waals surface area contributed by atoms with Crippen molar-refractivity contribution in [2.45, 2.75) is 59.0 Å². The second-order valence-electron chi connectivity index (χ2n) is 12.4. The first kappa shape index (κ1) is 34.0. The Hall–Kier alpha value is -3.89. The first-order valence-electron chi connectivity index (χ1n) is 15.8. The molecule has 2 aromatic carbocycles. The van der Waals surface area contributed by atoms with Crippen molar-refractivity contribution in [1.29, 1.82) is 10.8 Å². The van der Waals surface area contributed by atoms with Gasteiger partial charge >= 0.3 is 0 Å². The van der Waals surface area contributed by atoms with Crippen molar-refractivity contribution in [2.24, 2.45) is 11.8 Å². The molecule has 0 saturated carbocycles. The van der Waals surface area contributed by atoms with Gasteiger partial charge in [-0.05, 0) is 85.2 Å². The molecule has 2 fully saturated rings. The van der Waals surface area contributed by atoms with E-state index < -0.39 is 11.7 Å². The topological polar surface area (TPSA) is 119 Å². The minimum absolute atomic E-state index is 0.00529. The van der Waals surface area contributed by atoms with Crippen LogP contribution in [0.25, 0.3) is 0 Å². The monoisotopic (exact) mass is 619 g/mol. The Labute approximate surface area is 265 Å². The summed E-state index contributed by atoms with van der Waals surface area (Å²) in [5, 5.41) is 19.3. The summed E-state index contributed by atoms with van der Waals surface area (Å²) >= 11 is 0. The van der Waals surface area contributed by atoms with E-state index in [0.29, 0.717) is 41.3 Å². The Balaban J connectivity index is 1.50. The molecular weight excluding hydrogens is 573 g/mol. The van der Waals surface area contributed by atoms with Crippen molar-refractivity contribution in [3.63, 3.8) is 0 Å². The van der Waals surface area contributed by atoms with Crippen molar-refractivity contribution in [2.75, 3.05) is 39.9 Å². The van der Waals surface area contributed by atoms with Crippen LogP contribution in [0.5, 0.6) is 11.5 Å². The van der Waals surface area contributed by atoms with Crippen molar-refractivity contribution in [3.8, 4) is 11.5 Å². The van der Waals surface area contributed by atoms with Gasteiger partial charge in [0, 0.05) is 70.2 Å². The molecule has 0 unspecified atom stereocenters. The fraction of sp³-hybridized carbons (Fsp3) is 0.486. The lowest BCUT2D eigenvalue weighted by Gasteiger charge is -2.32. The fourth-order valence-corrected chi connectivity index (χ4v) is 5.60. The Morgan fingerprint density at radius 1 is 1.13 bits per heavy atom. The maximum absolute atomic E-state index is 15.5. The molecule has 2 aliphatic rings. The molecule has 9 nitrogen and oxygen atoms in total. The van der Waals surface area contributed by atoms with E-state index in [4.69, 9.17) is 20.3 Å². The summed E-state index contributed by atoms with van der Waals surface area (Å²) in [6, 6.07) is 9.59. The number of carbonyl (C=O) groups excluding carboxylic acids is 2. The molecule has 2 amide bonds. The van der Waals surface area contributed by atoms with Crippen LogP contribution in [0.15, 0.2) is 48.6 Å². The maximum Gasteiger partial charge on any atom is 0.254 e. The van der Waals surface area contributed by atoms with Crippen molar-refractivity contribution >= 4 is 23.2 Å². The number of methoxy groups -OCH3 is 1. The Morgan fingerprint density at radius 3 is 2.47 bits per heavy atom. The third-order valence-corrected chi connectivity index (χ3v) is 8.35. The zero-order chi connectivity index (χ0) is 32.5. The predicted octanol–water partition coefficient (Wildman–Crippen LogP) is 5.82. The van der Waals surface area contributed by atoms with E-state index in [0.717, 1.165) is 45.5 Å². The van der Waals surface area contributed by atoms with E-state index in [1.54, 1.807) is 48.4 Å². The molecule has 10 heteroatoms. The largest absolute Gasteiger partial charge is 0.457 e. The zero-order valence-electron chi connectivity index (χ0n) is 26.8. The summed E-state index contributed by atoms with van der Waals surface area (Å²) in [4.78, 5) is 29.9. The molecule has 0 bridgehead atoms. The molecule has 45 heavy (non-hydrogen) atoms. The van der Waals surface area contributed by atoms with Gasteiger partial charge in [-0.25, -0.2) is 4.39 Å². The number of halogens is 1. The van der Waals surface area contributed by atoms with Gasteiger partial charge in [0.25, 0.3) is 5.91 Å². The highest BCUT2D eigenvalue weighted by Gasteiger charge is 2.29. The van der Waals surface area contributed by atoms with Gasteiger partial charge in [-0.15, -0.1) is 0 Å². The molecule has 0 aliphatic carbocycles. The third-order valence-electron chi connectivity index (χ3n) is 8.35. The van der Waals surface area contributed by atoms with E-state index in [1.807, 2.05) is 20.8 Å². The van der Waals surface area contributed by atoms with Gasteiger partial charge in [0.15, 0.2) is 0 Å². The van der Waals surface area contributed by atoms with E-state index >= 15 is 4.39 Å². The summed E-state index contributed by atoms with van der Waals surface area (Å²) in [5.74, 6) is -0.106. The first-order valence-corrected chi connectivity index (χ1v) is 15.8. The average Bonchev–Trinajstić information content (AvgIpc) is 3.33. The number of nitrogens with one attached hydrogen (secondary N) is 3. The number of likely N-dealkylation sites (tertiary alicyclic amines) is 2. The molecule has 2 aromatic rings. The van der Waals surface area contributed by atoms with Crippen molar-refractivity contribution in [1.82, 2.24) is 15.1 Å². The number of allylic oxidation sites excluding steroid dienone is 2. The second-order valence-corrected chi connectivity index (χ2v) is 12.4. The summed E-state index contributed by atoms with van der Waals surface area (Å²) < 4.78 is 26.9. The van der Waals surface area contributed by atoms with Crippen LogP contribution in [0.4, 0.5) is 4.39 Å². The first-order chi connectivity index (χ1) is 21.5. The lowest BCUT2D eigenvalue weighted by molar-refractivity contribution is -0.128. The van der Waals surface area contributed by atoms with Gasteiger partial charge in [0.05, 0.1) is 11.3 Å². The summed E-state index contributed by atoms with van der Waals surface area (Å²) in [5.41, 5.74) is 1.72. The van der Waals surface area contributed by atoms with Gasteiger partial charge in [-0.3, -0.25) is 9.59 Å². The Bertz CT molecular complexity index is 1400. The van der Waals surface area contributed by atoms with E-state index in [1.165, 1.54) is 12.1 Å². The number of ether oxygens (including phenoxy) is 2. The summed E-state index contributed by atoms with van der Waals surface area (Å²) in [6.45, 7) is 9.99. The number of hydrogen-bond donors (Lipinski definition) is 3. The van der Waals surface area contributed by atoms with E-state index in [-0.39, 0.29) is 41.6 Å². The molecule has 1 atom stereocenters. The van der Waals surface area contributed by atoms with Gasteiger partial charge in [0.2, 0.25) is 5.91 Å². The van der Waals surface area contributed by atoms with E-state index in [9.17, 15) is 9.59 Å². The molecule has 2 heterocycles. The lowest BCUT2D eigenvalue weighted by Crippen LogP contribution is -2.45. The molecule has 242 valence electrons. The second kappa shape index (κ2) is 15.9. The highest BCUT2D eigenvalue weighted by atomic mass is 19.1. The maximum atomic E-state index is 15.5. The average molecular weight is 620 g/mol. The highest BCUT2D eigenvalue weighted by molar-refractivity contribution is 6.10. The van der Waals surface area contributed by atoms with Gasteiger partial charge < -0.3 is 35.4 Å². The molecule has 2 saturated heterocycles. The smallest absolute Gasteiger partial charge is 0.254 e. The molecule has 3 N–H and O–H groups in total. The van der Waals surface area contributed by atoms with Gasteiger partial charge in [0.1, 0.15) is 17.3 Å². The molecule has 4 rings (SSSR count). The molecule has 0 radical (unpaired) electrons. The molecule has 2 aliphatic heterocycles. The number of hydrogen-bond acceptors (Lipinski definition) is 7. The summed E-state index contributed by atoms with van der Waals surface area (Å²) in [6.07, 6.45) is 6.20. The number of benzene rings is 2. The van der Waals surface area contributed by atoms with Crippen LogP contribution in [0, 0.1) is 28.5 Å². The predicted molar refractivity (Wildman–Crippen MR) is 174 cm³/mol. The SMILES string of the molecule is COCCCN1CCC(NC(=O)c2cc(Oc3ccc(C(=N)/C=C\C(=N)C(C)C)cc3)c(CN3C[C@@H](C)CC3=O)cc2F)CC1. The standard InChI is InChI=1S/C35H46FN5O4/c1-23(2)31(37)10-11-32(38)25-6-8-28(9-7-25)45-33-20-29(30(36)19-26(33)22-41-21-24(3)18-34(41)42)35(43)39-27-12-15-40(16-13-27)14-5-17-44-4/h6-11,19-20,23-24,27,37-38H,5,12-18,21-22H2,1-4H3,(H,39,43)/b11-10-,37-31?,38-32?/t24-/m0/s1. The minimum Gasteiger partial charge on any atom is -0.457 e. The molecule has 0 spiro atoms. The van der Waals surface area contributed by atoms with Crippen LogP contribution in [0.3, 0.4) is 0 Å². The molecular formula is C35H46FN5O4. The van der Waals surface area contributed by atoms with Crippen LogP contribution >= 0.6 is 0 Å². The van der Waals surface area contributed by atoms with Crippen molar-refractivity contribution < 1.29 is 23.5 Å². The highest BCUT2D eigenvalue weighted by Crippen LogP contribution is 2.31. The van der Waals surface area contributed by atoms with Gasteiger partial charge in [-0.2, -0.15) is 0 Å². The van der Waals surface area contributed by atoms with E-state index in [2.05, 4.69) is 10.2 Å². The lowest BCUT2D eigenvalue weighted by atomic mass is 10.0. The van der Waals surface area contributed by atoms with Crippen LogP contribution in [-0.2, 0) is 16.1 Å². The molecule has 0 aromatic heterocycles.